The molecule has 1 N–H and O–H groups in total. The molecule has 1 fully saturated rings. The largest absolute Gasteiger partial charge is 0.497 e. The van der Waals surface area contributed by atoms with Gasteiger partial charge in [-0.2, -0.15) is 0 Å². The van der Waals surface area contributed by atoms with Crippen LogP contribution in [0.25, 0.3) is 11.3 Å². The Morgan fingerprint density at radius 1 is 1.00 bits per heavy atom. The SMILES string of the molecule is COc1ccc(-c2ccc(N3CCN(C(=O)CCn4ccc(=O)[nH]c4=O)CC3)nn2)cc1. The second-order valence-corrected chi connectivity index (χ2v) is 7.43. The summed E-state index contributed by atoms with van der Waals surface area (Å²) in [5.41, 5.74) is 0.783. The number of rotatable bonds is 6. The summed E-state index contributed by atoms with van der Waals surface area (Å²) in [6.07, 6.45) is 1.60. The van der Waals surface area contributed by atoms with Gasteiger partial charge in [0.15, 0.2) is 5.82 Å². The van der Waals surface area contributed by atoms with Gasteiger partial charge >= 0.3 is 5.69 Å². The number of hydrogen-bond donors (Lipinski definition) is 1. The number of aromatic nitrogens is 4. The van der Waals surface area contributed by atoms with E-state index in [1.807, 2.05) is 36.4 Å². The number of nitrogens with zero attached hydrogens (tertiary/aromatic N) is 5. The maximum atomic E-state index is 12.5. The Morgan fingerprint density at radius 3 is 2.38 bits per heavy atom. The van der Waals surface area contributed by atoms with Gasteiger partial charge in [0.25, 0.3) is 5.56 Å². The summed E-state index contributed by atoms with van der Waals surface area (Å²) < 4.78 is 6.51. The fourth-order valence-electron chi connectivity index (χ4n) is 3.59. The number of ether oxygens (including phenoxy) is 1. The molecule has 0 bridgehead atoms. The van der Waals surface area contributed by atoms with Crippen LogP contribution in [0.15, 0.2) is 58.3 Å². The average Bonchev–Trinajstić information content (AvgIpc) is 2.83. The van der Waals surface area contributed by atoms with Crippen LogP contribution in [0.5, 0.6) is 5.75 Å². The van der Waals surface area contributed by atoms with Crippen LogP contribution in [0.2, 0.25) is 0 Å². The number of aryl methyl sites for hydroxylation is 1. The van der Waals surface area contributed by atoms with Crippen molar-refractivity contribution in [1.29, 1.82) is 0 Å². The summed E-state index contributed by atoms with van der Waals surface area (Å²) in [4.78, 5) is 41.4. The number of benzene rings is 1. The van der Waals surface area contributed by atoms with Gasteiger partial charge in [-0.1, -0.05) is 0 Å². The molecular formula is C22H24N6O4. The second kappa shape index (κ2) is 9.46. The third-order valence-corrected chi connectivity index (χ3v) is 5.46. The Kier molecular flexibility index (Phi) is 6.29. The van der Waals surface area contributed by atoms with E-state index < -0.39 is 11.2 Å². The van der Waals surface area contributed by atoms with E-state index >= 15 is 0 Å². The number of carbonyl (C=O) groups excluding carboxylic acids is 1. The number of aromatic amines is 1. The highest BCUT2D eigenvalue weighted by molar-refractivity contribution is 5.76. The number of hydrogen-bond acceptors (Lipinski definition) is 7. The number of piperazine rings is 1. The first-order chi connectivity index (χ1) is 15.5. The normalized spacial score (nSPS) is 13.8. The van der Waals surface area contributed by atoms with E-state index in [4.69, 9.17) is 4.74 Å². The lowest BCUT2D eigenvalue weighted by Gasteiger charge is -2.35. The van der Waals surface area contributed by atoms with E-state index in [1.165, 1.54) is 16.8 Å². The zero-order valence-corrected chi connectivity index (χ0v) is 17.7. The average molecular weight is 436 g/mol. The number of H-pyrrole nitrogens is 1. The first kappa shape index (κ1) is 21.3. The first-order valence-corrected chi connectivity index (χ1v) is 10.3. The molecule has 1 aromatic carbocycles. The van der Waals surface area contributed by atoms with Gasteiger partial charge in [-0.25, -0.2) is 4.79 Å². The molecule has 2 aromatic heterocycles. The zero-order chi connectivity index (χ0) is 22.5. The highest BCUT2D eigenvalue weighted by Gasteiger charge is 2.22. The van der Waals surface area contributed by atoms with E-state index in [2.05, 4.69) is 20.1 Å². The van der Waals surface area contributed by atoms with Crippen LogP contribution in [0, 0.1) is 0 Å². The van der Waals surface area contributed by atoms with Crippen LogP contribution in [-0.4, -0.2) is 63.8 Å². The maximum absolute atomic E-state index is 12.5. The van der Waals surface area contributed by atoms with Crippen molar-refractivity contribution in [3.05, 3.63) is 69.5 Å². The van der Waals surface area contributed by atoms with Gasteiger partial charge in [0.1, 0.15) is 5.75 Å². The molecule has 0 atom stereocenters. The molecule has 0 radical (unpaired) electrons. The summed E-state index contributed by atoms with van der Waals surface area (Å²) in [5.74, 6) is 1.54. The van der Waals surface area contributed by atoms with Crippen molar-refractivity contribution in [3.63, 3.8) is 0 Å². The minimum atomic E-state index is -0.508. The van der Waals surface area contributed by atoms with Gasteiger partial charge in [0.05, 0.1) is 12.8 Å². The Morgan fingerprint density at radius 2 is 1.75 bits per heavy atom. The van der Waals surface area contributed by atoms with Crippen molar-refractivity contribution in [1.82, 2.24) is 24.6 Å². The van der Waals surface area contributed by atoms with Gasteiger partial charge in [-0.05, 0) is 36.4 Å². The minimum Gasteiger partial charge on any atom is -0.497 e. The molecule has 3 aromatic rings. The van der Waals surface area contributed by atoms with Crippen molar-refractivity contribution in [2.24, 2.45) is 0 Å². The molecular weight excluding hydrogens is 412 g/mol. The van der Waals surface area contributed by atoms with E-state index in [0.717, 1.165) is 22.8 Å². The molecule has 166 valence electrons. The smallest absolute Gasteiger partial charge is 0.328 e. The molecule has 3 heterocycles. The van der Waals surface area contributed by atoms with Gasteiger partial charge in [0, 0.05) is 57.0 Å². The standard InChI is InChI=1S/C22H24N6O4/c1-32-17-4-2-16(3-5-17)18-6-7-19(25-24-18)26-12-14-27(15-13-26)21(30)9-11-28-10-8-20(29)23-22(28)31/h2-8,10H,9,11-15H2,1H3,(H,23,29,31). The molecule has 10 heteroatoms. The predicted octanol–water partition coefficient (Wildman–Crippen LogP) is 0.741. The summed E-state index contributed by atoms with van der Waals surface area (Å²) in [6.45, 7) is 2.68. The van der Waals surface area contributed by atoms with E-state index in [1.54, 1.807) is 12.0 Å². The van der Waals surface area contributed by atoms with Gasteiger partial charge in [0.2, 0.25) is 5.91 Å². The summed E-state index contributed by atoms with van der Waals surface area (Å²) in [5, 5.41) is 8.70. The molecule has 0 unspecified atom stereocenters. The molecule has 0 aliphatic carbocycles. The Hall–Kier alpha value is -3.95. The van der Waals surface area contributed by atoms with Crippen LogP contribution >= 0.6 is 0 Å². The summed E-state index contributed by atoms with van der Waals surface area (Å²) in [7, 11) is 1.63. The van der Waals surface area contributed by atoms with Crippen LogP contribution in [0.4, 0.5) is 5.82 Å². The first-order valence-electron chi connectivity index (χ1n) is 10.3. The monoisotopic (exact) mass is 436 g/mol. The third kappa shape index (κ3) is 4.85. The molecule has 1 saturated heterocycles. The fourth-order valence-corrected chi connectivity index (χ4v) is 3.59. The van der Waals surface area contributed by atoms with Crippen LogP contribution in [0.1, 0.15) is 6.42 Å². The van der Waals surface area contributed by atoms with E-state index in [9.17, 15) is 14.4 Å². The third-order valence-electron chi connectivity index (χ3n) is 5.46. The zero-order valence-electron chi connectivity index (χ0n) is 17.7. The van der Waals surface area contributed by atoms with Crippen molar-refractivity contribution >= 4 is 11.7 Å². The second-order valence-electron chi connectivity index (χ2n) is 7.43. The Balaban J connectivity index is 1.30. The highest BCUT2D eigenvalue weighted by Crippen LogP contribution is 2.22. The molecule has 1 aliphatic heterocycles. The summed E-state index contributed by atoms with van der Waals surface area (Å²) in [6, 6.07) is 12.8. The van der Waals surface area contributed by atoms with Crippen LogP contribution < -0.4 is 20.9 Å². The lowest BCUT2D eigenvalue weighted by Crippen LogP contribution is -2.49. The van der Waals surface area contributed by atoms with Crippen molar-refractivity contribution in [3.8, 4) is 17.0 Å². The van der Waals surface area contributed by atoms with Crippen LogP contribution in [-0.2, 0) is 11.3 Å². The van der Waals surface area contributed by atoms with E-state index in [-0.39, 0.29) is 18.9 Å². The number of methoxy groups -OCH3 is 1. The number of anilines is 1. The number of nitrogens with one attached hydrogen (secondary N) is 1. The Bertz CT molecular complexity index is 1180. The van der Waals surface area contributed by atoms with Crippen LogP contribution in [0.3, 0.4) is 0 Å². The number of amides is 1. The molecule has 10 nitrogen and oxygen atoms in total. The quantitative estimate of drug-likeness (QED) is 0.606. The maximum Gasteiger partial charge on any atom is 0.328 e. The van der Waals surface area contributed by atoms with Gasteiger partial charge in [-0.3, -0.25) is 14.6 Å². The number of carbonyl (C=O) groups is 1. The van der Waals surface area contributed by atoms with E-state index in [0.29, 0.717) is 26.2 Å². The minimum absolute atomic E-state index is 0.0244. The Labute approximate surface area is 184 Å². The van der Waals surface area contributed by atoms with Crippen molar-refractivity contribution in [2.75, 3.05) is 38.2 Å². The molecule has 1 amide bonds. The fraction of sp³-hybridized carbons (Fsp3) is 0.318. The predicted molar refractivity (Wildman–Crippen MR) is 119 cm³/mol. The molecule has 4 rings (SSSR count). The highest BCUT2D eigenvalue weighted by atomic mass is 16.5. The lowest BCUT2D eigenvalue weighted by atomic mass is 10.1. The lowest BCUT2D eigenvalue weighted by molar-refractivity contribution is -0.131. The van der Waals surface area contributed by atoms with Crippen molar-refractivity contribution in [2.45, 2.75) is 13.0 Å². The van der Waals surface area contributed by atoms with Gasteiger partial charge < -0.3 is 19.1 Å². The topological polar surface area (TPSA) is 113 Å². The summed E-state index contributed by atoms with van der Waals surface area (Å²) >= 11 is 0. The molecule has 0 spiro atoms. The van der Waals surface area contributed by atoms with Gasteiger partial charge in [-0.15, -0.1) is 10.2 Å². The molecule has 32 heavy (non-hydrogen) atoms. The molecule has 1 aliphatic rings. The molecule has 0 saturated carbocycles. The van der Waals surface area contributed by atoms with Crippen molar-refractivity contribution < 1.29 is 9.53 Å².